The molecule has 0 bridgehead atoms. The largest absolute Gasteiger partial charge is 0.314 e. The topological polar surface area (TPSA) is 43.6 Å². The first-order chi connectivity index (χ1) is 12.2. The molecular weight excluding hydrogens is 308 g/mol. The van der Waals surface area contributed by atoms with Crippen molar-refractivity contribution >= 4 is 0 Å². The Balaban J connectivity index is 1.68. The van der Waals surface area contributed by atoms with Crippen LogP contribution < -0.4 is 0 Å². The number of nitrogens with zero attached hydrogens (tertiary/aromatic N) is 4. The monoisotopic (exact) mass is 332 g/mol. The number of benzene rings is 1. The van der Waals surface area contributed by atoms with Crippen LogP contribution in [0.5, 0.6) is 0 Å². The zero-order valence-electron chi connectivity index (χ0n) is 14.9. The lowest BCUT2D eigenvalue weighted by Crippen LogP contribution is -2.26. The molecule has 25 heavy (non-hydrogen) atoms. The van der Waals surface area contributed by atoms with E-state index in [0.29, 0.717) is 5.92 Å². The van der Waals surface area contributed by atoms with Crippen molar-refractivity contribution in [3.8, 4) is 0 Å². The van der Waals surface area contributed by atoms with Crippen LogP contribution in [0.4, 0.5) is 0 Å². The Morgan fingerprint density at radius 2 is 1.76 bits per heavy atom. The summed E-state index contributed by atoms with van der Waals surface area (Å²) in [6, 6.07) is 16.7. The normalized spacial score (nSPS) is 14.6. The van der Waals surface area contributed by atoms with Crippen LogP contribution in [-0.4, -0.2) is 19.7 Å². The number of rotatable bonds is 6. The molecule has 0 atom stereocenters. The van der Waals surface area contributed by atoms with E-state index in [2.05, 4.69) is 70.0 Å². The Labute approximate surface area is 149 Å². The molecule has 128 valence electrons. The summed E-state index contributed by atoms with van der Waals surface area (Å²) in [7, 11) is 0. The SMILES string of the molecule is CC(C)(c1ccccn1)c1nnc(C2CC2)n1CCc1ccccc1. The van der Waals surface area contributed by atoms with Crippen LogP contribution in [0.25, 0.3) is 0 Å². The average Bonchev–Trinajstić information content (AvgIpc) is 3.40. The molecular formula is C21H24N4. The molecule has 0 amide bonds. The number of pyridine rings is 1. The van der Waals surface area contributed by atoms with Crippen LogP contribution >= 0.6 is 0 Å². The number of aryl methyl sites for hydroxylation is 1. The van der Waals surface area contributed by atoms with Gasteiger partial charge in [0.05, 0.1) is 11.1 Å². The van der Waals surface area contributed by atoms with Gasteiger partial charge in [0.1, 0.15) is 11.6 Å². The van der Waals surface area contributed by atoms with Crippen molar-refractivity contribution in [1.29, 1.82) is 0 Å². The highest BCUT2D eigenvalue weighted by Crippen LogP contribution is 2.41. The van der Waals surface area contributed by atoms with Gasteiger partial charge in [-0.15, -0.1) is 10.2 Å². The van der Waals surface area contributed by atoms with Gasteiger partial charge in [0.2, 0.25) is 0 Å². The summed E-state index contributed by atoms with van der Waals surface area (Å²) in [6.45, 7) is 5.29. The van der Waals surface area contributed by atoms with Crippen LogP contribution in [0, 0.1) is 0 Å². The van der Waals surface area contributed by atoms with Crippen LogP contribution in [0.15, 0.2) is 54.7 Å². The molecule has 0 N–H and O–H groups in total. The second-order valence-electron chi connectivity index (χ2n) is 7.38. The minimum atomic E-state index is -0.266. The van der Waals surface area contributed by atoms with Crippen molar-refractivity contribution in [2.75, 3.05) is 0 Å². The van der Waals surface area contributed by atoms with Gasteiger partial charge < -0.3 is 4.57 Å². The van der Waals surface area contributed by atoms with Gasteiger partial charge in [-0.1, -0.05) is 36.4 Å². The maximum Gasteiger partial charge on any atom is 0.144 e. The molecule has 0 radical (unpaired) electrons. The van der Waals surface area contributed by atoms with Crippen LogP contribution in [0.3, 0.4) is 0 Å². The molecule has 1 fully saturated rings. The van der Waals surface area contributed by atoms with Crippen molar-refractivity contribution < 1.29 is 0 Å². The van der Waals surface area contributed by atoms with E-state index in [1.54, 1.807) is 0 Å². The lowest BCUT2D eigenvalue weighted by atomic mass is 9.87. The summed E-state index contributed by atoms with van der Waals surface area (Å²) in [6.07, 6.45) is 5.30. The van der Waals surface area contributed by atoms with Gasteiger partial charge >= 0.3 is 0 Å². The number of hydrogen-bond acceptors (Lipinski definition) is 3. The van der Waals surface area contributed by atoms with Crippen LogP contribution in [0.1, 0.15) is 55.5 Å². The van der Waals surface area contributed by atoms with E-state index in [0.717, 1.165) is 30.3 Å². The van der Waals surface area contributed by atoms with Crippen molar-refractivity contribution in [2.45, 2.75) is 51.0 Å². The molecule has 2 aromatic heterocycles. The molecule has 0 aliphatic heterocycles. The average molecular weight is 332 g/mol. The fourth-order valence-corrected chi connectivity index (χ4v) is 3.37. The molecule has 0 saturated heterocycles. The molecule has 0 unspecified atom stereocenters. The molecule has 0 spiro atoms. The molecule has 1 aliphatic carbocycles. The van der Waals surface area contributed by atoms with Crippen molar-refractivity contribution in [2.24, 2.45) is 0 Å². The summed E-state index contributed by atoms with van der Waals surface area (Å²) >= 11 is 0. The van der Waals surface area contributed by atoms with Crippen molar-refractivity contribution in [1.82, 2.24) is 19.7 Å². The Morgan fingerprint density at radius 1 is 1.00 bits per heavy atom. The number of aromatic nitrogens is 4. The third-order valence-corrected chi connectivity index (χ3v) is 5.05. The van der Waals surface area contributed by atoms with E-state index < -0.39 is 0 Å². The van der Waals surface area contributed by atoms with E-state index in [1.807, 2.05) is 18.3 Å². The van der Waals surface area contributed by atoms with Gasteiger partial charge in [0.25, 0.3) is 0 Å². The smallest absolute Gasteiger partial charge is 0.144 e. The Kier molecular flexibility index (Phi) is 4.12. The summed E-state index contributed by atoms with van der Waals surface area (Å²) in [4.78, 5) is 4.57. The van der Waals surface area contributed by atoms with Gasteiger partial charge in [-0.3, -0.25) is 4.98 Å². The van der Waals surface area contributed by atoms with E-state index in [4.69, 9.17) is 0 Å². The Morgan fingerprint density at radius 3 is 2.44 bits per heavy atom. The second kappa shape index (κ2) is 6.43. The summed E-state index contributed by atoms with van der Waals surface area (Å²) in [5, 5.41) is 9.18. The Hall–Kier alpha value is -2.49. The zero-order valence-corrected chi connectivity index (χ0v) is 14.9. The highest BCUT2D eigenvalue weighted by Gasteiger charge is 2.36. The van der Waals surface area contributed by atoms with Gasteiger partial charge in [0.15, 0.2) is 0 Å². The van der Waals surface area contributed by atoms with Gasteiger partial charge in [-0.05, 0) is 50.8 Å². The minimum absolute atomic E-state index is 0.266. The molecule has 4 nitrogen and oxygen atoms in total. The highest BCUT2D eigenvalue weighted by molar-refractivity contribution is 5.26. The first-order valence-electron chi connectivity index (χ1n) is 9.05. The standard InChI is InChI=1S/C21H24N4/c1-21(2,18-10-6-7-14-22-18)20-24-23-19(17-11-12-17)25(20)15-13-16-8-4-3-5-9-16/h3-10,14,17H,11-13,15H2,1-2H3. The third kappa shape index (κ3) is 3.21. The molecule has 3 aromatic rings. The summed E-state index contributed by atoms with van der Waals surface area (Å²) < 4.78 is 2.35. The molecule has 1 aliphatic rings. The second-order valence-corrected chi connectivity index (χ2v) is 7.38. The van der Waals surface area contributed by atoms with Gasteiger partial charge in [-0.2, -0.15) is 0 Å². The van der Waals surface area contributed by atoms with E-state index in [1.165, 1.54) is 18.4 Å². The number of hydrogen-bond donors (Lipinski definition) is 0. The van der Waals surface area contributed by atoms with E-state index in [-0.39, 0.29) is 5.41 Å². The van der Waals surface area contributed by atoms with Gasteiger partial charge in [-0.25, -0.2) is 0 Å². The predicted octanol–water partition coefficient (Wildman–Crippen LogP) is 4.12. The summed E-state index contributed by atoms with van der Waals surface area (Å²) in [5.41, 5.74) is 2.11. The highest BCUT2D eigenvalue weighted by atomic mass is 15.3. The lowest BCUT2D eigenvalue weighted by molar-refractivity contribution is 0.509. The van der Waals surface area contributed by atoms with Gasteiger partial charge in [0, 0.05) is 18.7 Å². The minimum Gasteiger partial charge on any atom is -0.314 e. The lowest BCUT2D eigenvalue weighted by Gasteiger charge is -2.24. The molecule has 1 saturated carbocycles. The maximum atomic E-state index is 4.61. The molecule has 1 aromatic carbocycles. The summed E-state index contributed by atoms with van der Waals surface area (Å²) in [5.74, 6) is 2.75. The van der Waals surface area contributed by atoms with Crippen LogP contribution in [-0.2, 0) is 18.4 Å². The van der Waals surface area contributed by atoms with E-state index in [9.17, 15) is 0 Å². The maximum absolute atomic E-state index is 4.61. The van der Waals surface area contributed by atoms with Crippen molar-refractivity contribution in [3.63, 3.8) is 0 Å². The first kappa shape index (κ1) is 16.0. The zero-order chi connectivity index (χ0) is 17.3. The predicted molar refractivity (Wildman–Crippen MR) is 98.5 cm³/mol. The van der Waals surface area contributed by atoms with Crippen molar-refractivity contribution in [3.05, 3.63) is 77.6 Å². The quantitative estimate of drug-likeness (QED) is 0.682. The first-order valence-corrected chi connectivity index (χ1v) is 9.05. The van der Waals surface area contributed by atoms with Crippen LogP contribution in [0.2, 0.25) is 0 Å². The van der Waals surface area contributed by atoms with E-state index >= 15 is 0 Å². The molecule has 4 rings (SSSR count). The Bertz CT molecular complexity index is 833. The molecule has 2 heterocycles. The fraction of sp³-hybridized carbons (Fsp3) is 0.381. The third-order valence-electron chi connectivity index (χ3n) is 5.05. The molecule has 4 heteroatoms. The fourth-order valence-electron chi connectivity index (χ4n) is 3.37.